The molecule has 25 heavy (non-hydrogen) atoms. The first-order valence-corrected chi connectivity index (χ1v) is 11.1. The maximum atomic E-state index is 9.41. The van der Waals surface area contributed by atoms with Gasteiger partial charge in [0.05, 0.1) is 5.03 Å². The lowest BCUT2D eigenvalue weighted by Gasteiger charge is -2.16. The van der Waals surface area contributed by atoms with Crippen molar-refractivity contribution < 1.29 is 5.11 Å². The molecule has 138 valence electrons. The molecule has 0 aliphatic carbocycles. The number of hydrogen-bond donors (Lipinski definition) is 2. The van der Waals surface area contributed by atoms with E-state index in [-0.39, 0.29) is 0 Å². The molecule has 0 amide bonds. The van der Waals surface area contributed by atoms with Crippen LogP contribution in [-0.4, -0.2) is 22.5 Å². The molecule has 1 aromatic heterocycles. The molecule has 0 saturated heterocycles. The van der Waals surface area contributed by atoms with Crippen molar-refractivity contribution in [1.82, 2.24) is 4.98 Å². The summed E-state index contributed by atoms with van der Waals surface area (Å²) in [4.78, 5) is 3.69. The van der Waals surface area contributed by atoms with Crippen LogP contribution in [0.25, 0.3) is 10.9 Å². The van der Waals surface area contributed by atoms with E-state index < -0.39 is 0 Å². The maximum absolute atomic E-state index is 9.41. The first-order valence-electron chi connectivity index (χ1n) is 10.1. The Bertz CT molecular complexity index is 651. The van der Waals surface area contributed by atoms with Gasteiger partial charge in [0, 0.05) is 23.3 Å². The van der Waals surface area contributed by atoms with Crippen LogP contribution in [0.2, 0.25) is 0 Å². The van der Waals surface area contributed by atoms with Gasteiger partial charge in [0.1, 0.15) is 0 Å². The van der Waals surface area contributed by atoms with Crippen LogP contribution in [0.5, 0.6) is 0 Å². The van der Waals surface area contributed by atoms with Crippen LogP contribution in [0.3, 0.4) is 0 Å². The van der Waals surface area contributed by atoms with Crippen molar-refractivity contribution in [2.24, 2.45) is 11.8 Å². The Morgan fingerprint density at radius 2 is 1.84 bits per heavy atom. The Balaban J connectivity index is 1.87. The molecule has 0 spiro atoms. The molecule has 0 radical (unpaired) electrons. The molecule has 2 N–H and O–H groups in total. The van der Waals surface area contributed by atoms with Gasteiger partial charge in [-0.05, 0) is 42.7 Å². The number of nitrogens with one attached hydrogen (secondary N) is 1. The molecule has 2 atom stereocenters. The lowest BCUT2D eigenvalue weighted by atomic mass is 9.91. The van der Waals surface area contributed by atoms with Gasteiger partial charge in [-0.3, -0.25) is 0 Å². The third-order valence-electron chi connectivity index (χ3n) is 5.82. The molecule has 1 aromatic carbocycles. The summed E-state index contributed by atoms with van der Waals surface area (Å²) in [5.41, 5.74) is 2.81. The summed E-state index contributed by atoms with van der Waals surface area (Å²) in [5.74, 6) is 2.56. The monoisotopic (exact) mass is 359 g/mol. The highest BCUT2D eigenvalue weighted by Crippen LogP contribution is 2.35. The van der Waals surface area contributed by atoms with Crippen LogP contribution >= 0.6 is 11.8 Å². The number of H-pyrrole nitrogens is 1. The third-order valence-corrected chi connectivity index (χ3v) is 7.10. The molecule has 2 heterocycles. The highest BCUT2D eigenvalue weighted by molar-refractivity contribution is 7.99. The van der Waals surface area contributed by atoms with E-state index in [9.17, 15) is 5.11 Å². The second-order valence-electron chi connectivity index (χ2n) is 7.64. The zero-order valence-electron chi connectivity index (χ0n) is 15.6. The summed E-state index contributed by atoms with van der Waals surface area (Å²) in [7, 11) is 0. The largest absolute Gasteiger partial charge is 0.396 e. The van der Waals surface area contributed by atoms with Gasteiger partial charge in [0.2, 0.25) is 0 Å². The normalized spacial score (nSPS) is 23.4. The number of para-hydroxylation sites is 1. The summed E-state index contributed by atoms with van der Waals surface area (Å²) in [6, 6.07) is 8.78. The van der Waals surface area contributed by atoms with Gasteiger partial charge in [0.15, 0.2) is 0 Å². The summed E-state index contributed by atoms with van der Waals surface area (Å²) in [6.07, 6.45) is 11.5. The minimum Gasteiger partial charge on any atom is -0.396 e. The molecule has 2 aromatic rings. The number of hydrogen-bond acceptors (Lipinski definition) is 2. The number of aromatic amines is 1. The van der Waals surface area contributed by atoms with Gasteiger partial charge < -0.3 is 10.1 Å². The molecule has 2 unspecified atom stereocenters. The Morgan fingerprint density at radius 3 is 2.60 bits per heavy atom. The topological polar surface area (TPSA) is 36.0 Å². The van der Waals surface area contributed by atoms with Crippen LogP contribution in [0.15, 0.2) is 29.3 Å². The van der Waals surface area contributed by atoms with E-state index in [1.165, 1.54) is 72.9 Å². The SMILES string of the molecule is CCC1CCCCCCC(CCO)CSc2[nH]c3ccccc3c2C1. The quantitative estimate of drug-likeness (QED) is 0.686. The van der Waals surface area contributed by atoms with Crippen molar-refractivity contribution in [2.45, 2.75) is 69.7 Å². The molecule has 0 saturated carbocycles. The number of aromatic nitrogens is 1. The predicted octanol–water partition coefficient (Wildman–Crippen LogP) is 6.18. The van der Waals surface area contributed by atoms with Crippen LogP contribution in [-0.2, 0) is 6.42 Å². The Hall–Kier alpha value is -0.930. The fourth-order valence-electron chi connectivity index (χ4n) is 4.15. The lowest BCUT2D eigenvalue weighted by molar-refractivity contribution is 0.258. The predicted molar refractivity (Wildman–Crippen MR) is 109 cm³/mol. The van der Waals surface area contributed by atoms with Crippen LogP contribution < -0.4 is 0 Å². The number of thioether (sulfide) groups is 1. The minimum absolute atomic E-state index is 0.322. The van der Waals surface area contributed by atoms with Crippen LogP contribution in [0, 0.1) is 11.8 Å². The smallest absolute Gasteiger partial charge is 0.0765 e. The molecule has 0 fully saturated rings. The minimum atomic E-state index is 0.322. The zero-order chi connectivity index (χ0) is 17.5. The third kappa shape index (κ3) is 5.04. The molecular weight excluding hydrogens is 326 g/mol. The van der Waals surface area contributed by atoms with Gasteiger partial charge in [-0.1, -0.05) is 63.6 Å². The Morgan fingerprint density at radius 1 is 1.08 bits per heavy atom. The zero-order valence-corrected chi connectivity index (χ0v) is 16.4. The van der Waals surface area contributed by atoms with Gasteiger partial charge in [-0.15, -0.1) is 11.8 Å². The van der Waals surface area contributed by atoms with Gasteiger partial charge in [-0.2, -0.15) is 0 Å². The molecule has 1 aliphatic heterocycles. The van der Waals surface area contributed by atoms with E-state index in [2.05, 4.69) is 36.2 Å². The van der Waals surface area contributed by atoms with E-state index in [0.717, 1.165) is 18.1 Å². The van der Waals surface area contributed by atoms with E-state index in [0.29, 0.717) is 12.5 Å². The number of fused-ring (bicyclic) bond motifs is 3. The fraction of sp³-hybridized carbons (Fsp3) is 0.636. The second-order valence-corrected chi connectivity index (χ2v) is 8.67. The number of rotatable bonds is 3. The summed E-state index contributed by atoms with van der Waals surface area (Å²) >= 11 is 1.99. The number of aliphatic hydroxyl groups is 1. The highest BCUT2D eigenvalue weighted by atomic mass is 32.2. The van der Waals surface area contributed by atoms with Crippen molar-refractivity contribution in [1.29, 1.82) is 0 Å². The molecular formula is C22H33NOS. The average Bonchev–Trinajstić information content (AvgIpc) is 2.98. The first-order chi connectivity index (χ1) is 12.3. The summed E-state index contributed by atoms with van der Waals surface area (Å²) in [5, 5.41) is 12.2. The van der Waals surface area contributed by atoms with Crippen molar-refractivity contribution >= 4 is 22.7 Å². The fourth-order valence-corrected chi connectivity index (χ4v) is 5.44. The van der Waals surface area contributed by atoms with Crippen molar-refractivity contribution in [3.05, 3.63) is 29.8 Å². The number of benzene rings is 1. The van der Waals surface area contributed by atoms with Crippen molar-refractivity contribution in [3.8, 4) is 0 Å². The first kappa shape index (κ1) is 18.8. The van der Waals surface area contributed by atoms with E-state index in [1.807, 2.05) is 11.8 Å². The van der Waals surface area contributed by atoms with E-state index in [1.54, 1.807) is 0 Å². The highest BCUT2D eigenvalue weighted by Gasteiger charge is 2.18. The molecule has 2 nitrogen and oxygen atoms in total. The second kappa shape index (κ2) is 9.68. The van der Waals surface area contributed by atoms with Crippen LogP contribution in [0.1, 0.15) is 63.9 Å². The standard InChI is InChI=1S/C22H33NOS/c1-2-17-9-5-3-4-6-10-18(13-14-24)16-25-22-20(15-17)19-11-7-8-12-21(19)23-22/h7-8,11-12,17-18,23-24H,2-6,9-10,13-16H2,1H3. The average molecular weight is 360 g/mol. The molecule has 3 heteroatoms. The molecule has 0 bridgehead atoms. The van der Waals surface area contributed by atoms with E-state index in [4.69, 9.17) is 0 Å². The van der Waals surface area contributed by atoms with Crippen molar-refractivity contribution in [3.63, 3.8) is 0 Å². The molecule has 1 aliphatic rings. The van der Waals surface area contributed by atoms with Gasteiger partial charge in [-0.25, -0.2) is 0 Å². The van der Waals surface area contributed by atoms with Gasteiger partial charge >= 0.3 is 0 Å². The van der Waals surface area contributed by atoms with E-state index >= 15 is 0 Å². The Kier molecular flexibility index (Phi) is 7.30. The van der Waals surface area contributed by atoms with Crippen molar-refractivity contribution in [2.75, 3.05) is 12.4 Å². The Labute approximate surface area is 156 Å². The maximum Gasteiger partial charge on any atom is 0.0765 e. The number of aliphatic hydroxyl groups excluding tert-OH is 1. The molecule has 3 rings (SSSR count). The summed E-state index contributed by atoms with van der Waals surface area (Å²) in [6.45, 7) is 2.67. The lowest BCUT2D eigenvalue weighted by Crippen LogP contribution is -2.07. The van der Waals surface area contributed by atoms with Crippen LogP contribution in [0.4, 0.5) is 0 Å². The van der Waals surface area contributed by atoms with Gasteiger partial charge in [0.25, 0.3) is 0 Å². The summed E-state index contributed by atoms with van der Waals surface area (Å²) < 4.78 is 0.